The largest absolute Gasteiger partial charge is 0.369 e. The van der Waals surface area contributed by atoms with Gasteiger partial charge >= 0.3 is 10.3 Å². The van der Waals surface area contributed by atoms with E-state index in [4.69, 9.17) is 5.11 Å². The fourth-order valence-electron chi connectivity index (χ4n) is 0.0735. The number of rotatable bonds is 2. The van der Waals surface area contributed by atoms with Crippen molar-refractivity contribution in [2.45, 2.75) is 0 Å². The smallest absolute Gasteiger partial charge is 0.335 e. The van der Waals surface area contributed by atoms with Gasteiger partial charge in [0.1, 0.15) is 0 Å². The average molecular weight is 127 g/mol. The minimum Gasteiger partial charge on any atom is -0.369 e. The van der Waals surface area contributed by atoms with Crippen LogP contribution in [0.15, 0.2) is 0 Å². The van der Waals surface area contributed by atoms with Gasteiger partial charge in [-0.3, -0.25) is 0 Å². The SMILES string of the molecule is NS(=O)(=O)OCO. The summed E-state index contributed by atoms with van der Waals surface area (Å²) in [5.74, 6) is 0. The lowest BCUT2D eigenvalue weighted by Gasteiger charge is -1.89. The lowest BCUT2D eigenvalue weighted by molar-refractivity contribution is 0.105. The molecule has 0 atom stereocenters. The zero-order chi connectivity index (χ0) is 5.91. The summed E-state index contributed by atoms with van der Waals surface area (Å²) in [6.07, 6.45) is 0. The molecule has 0 amide bonds. The third-order valence-corrected chi connectivity index (χ3v) is 0.651. The van der Waals surface area contributed by atoms with Crippen LogP contribution in [-0.2, 0) is 14.5 Å². The van der Waals surface area contributed by atoms with Crippen LogP contribution in [-0.4, -0.2) is 20.3 Å². The molecule has 0 radical (unpaired) electrons. The van der Waals surface area contributed by atoms with E-state index in [2.05, 4.69) is 9.32 Å². The first-order valence-electron chi connectivity index (χ1n) is 1.34. The van der Waals surface area contributed by atoms with Crippen molar-refractivity contribution in [3.63, 3.8) is 0 Å². The highest BCUT2D eigenvalue weighted by Gasteiger charge is 1.96. The second kappa shape index (κ2) is 2.22. The van der Waals surface area contributed by atoms with Crippen molar-refractivity contribution >= 4 is 10.3 Å². The van der Waals surface area contributed by atoms with Crippen LogP contribution in [0.3, 0.4) is 0 Å². The predicted molar refractivity (Wildman–Crippen MR) is 21.3 cm³/mol. The summed E-state index contributed by atoms with van der Waals surface area (Å²) in [5, 5.41) is 12.0. The van der Waals surface area contributed by atoms with Gasteiger partial charge in [0, 0.05) is 0 Å². The van der Waals surface area contributed by atoms with E-state index in [0.29, 0.717) is 0 Å². The van der Waals surface area contributed by atoms with Crippen molar-refractivity contribution in [1.82, 2.24) is 0 Å². The number of hydrogen-bond donors (Lipinski definition) is 2. The lowest BCUT2D eigenvalue weighted by atomic mass is 11.6. The first kappa shape index (κ1) is 6.83. The lowest BCUT2D eigenvalue weighted by Crippen LogP contribution is -2.15. The Kier molecular flexibility index (Phi) is 2.16. The molecule has 44 valence electrons. The molecule has 5 nitrogen and oxygen atoms in total. The minimum absolute atomic E-state index is 0.904. The van der Waals surface area contributed by atoms with E-state index < -0.39 is 17.1 Å². The van der Waals surface area contributed by atoms with E-state index in [1.807, 2.05) is 0 Å². The van der Waals surface area contributed by atoms with Crippen LogP contribution >= 0.6 is 0 Å². The fourth-order valence-corrected chi connectivity index (χ4v) is 0.220. The number of hydrogen-bond acceptors (Lipinski definition) is 4. The summed E-state index contributed by atoms with van der Waals surface area (Å²) in [5.41, 5.74) is 0. The fraction of sp³-hybridized carbons (Fsp3) is 1.00. The Morgan fingerprint density at radius 3 is 2.14 bits per heavy atom. The van der Waals surface area contributed by atoms with Gasteiger partial charge < -0.3 is 5.11 Å². The summed E-state index contributed by atoms with van der Waals surface area (Å²) in [7, 11) is -3.92. The molecule has 0 unspecified atom stereocenters. The molecule has 0 saturated carbocycles. The number of aliphatic hydroxyl groups is 1. The Hall–Kier alpha value is -0.170. The first-order chi connectivity index (χ1) is 3.06. The molecule has 6 heteroatoms. The highest BCUT2D eigenvalue weighted by atomic mass is 32.2. The van der Waals surface area contributed by atoms with E-state index in [1.165, 1.54) is 0 Å². The predicted octanol–water partition coefficient (Wildman–Crippen LogP) is -1.84. The average Bonchev–Trinajstić information content (AvgIpc) is 1.30. The van der Waals surface area contributed by atoms with E-state index in [-0.39, 0.29) is 0 Å². The van der Waals surface area contributed by atoms with Crippen LogP contribution in [0.4, 0.5) is 0 Å². The third kappa shape index (κ3) is 5.83. The van der Waals surface area contributed by atoms with Crippen molar-refractivity contribution in [3.05, 3.63) is 0 Å². The van der Waals surface area contributed by atoms with Crippen LogP contribution in [0.25, 0.3) is 0 Å². The Bertz CT molecular complexity index is 125. The van der Waals surface area contributed by atoms with Gasteiger partial charge in [-0.1, -0.05) is 0 Å². The summed E-state index contributed by atoms with van der Waals surface area (Å²) in [4.78, 5) is 0. The Labute approximate surface area is 41.0 Å². The number of nitrogens with two attached hydrogens (primary N) is 1. The standard InChI is InChI=1S/CH5NO4S/c2-7(4,5)6-1-3/h3H,1H2,(H2,2,4,5). The summed E-state index contributed by atoms with van der Waals surface area (Å²) in [6.45, 7) is -0.904. The third-order valence-electron chi connectivity index (χ3n) is 0.217. The van der Waals surface area contributed by atoms with Crippen molar-refractivity contribution in [1.29, 1.82) is 0 Å². The van der Waals surface area contributed by atoms with Crippen molar-refractivity contribution in [2.24, 2.45) is 5.14 Å². The molecule has 0 bridgehead atoms. The zero-order valence-corrected chi connectivity index (χ0v) is 4.18. The highest BCUT2D eigenvalue weighted by molar-refractivity contribution is 7.84. The van der Waals surface area contributed by atoms with Crippen molar-refractivity contribution in [2.75, 3.05) is 6.79 Å². The molecule has 3 N–H and O–H groups in total. The van der Waals surface area contributed by atoms with Gasteiger partial charge in [-0.05, 0) is 0 Å². The minimum atomic E-state index is -3.92. The van der Waals surface area contributed by atoms with Crippen LogP contribution in [0.2, 0.25) is 0 Å². The maximum absolute atomic E-state index is 9.63. The highest BCUT2D eigenvalue weighted by Crippen LogP contribution is 1.74. The molecule has 0 aliphatic carbocycles. The Morgan fingerprint density at radius 1 is 1.71 bits per heavy atom. The van der Waals surface area contributed by atoms with Crippen molar-refractivity contribution < 1.29 is 17.7 Å². The van der Waals surface area contributed by atoms with Crippen LogP contribution in [0.5, 0.6) is 0 Å². The van der Waals surface area contributed by atoms with E-state index in [1.54, 1.807) is 0 Å². The molecule has 0 saturated heterocycles. The molecule has 0 aromatic rings. The molecule has 0 aromatic heterocycles. The molecule has 0 spiro atoms. The van der Waals surface area contributed by atoms with Gasteiger partial charge in [0.15, 0.2) is 6.79 Å². The summed E-state index contributed by atoms with van der Waals surface area (Å²) >= 11 is 0. The topological polar surface area (TPSA) is 89.6 Å². The number of aliphatic hydroxyl groups excluding tert-OH is 1. The maximum atomic E-state index is 9.63. The molecule has 7 heavy (non-hydrogen) atoms. The molecule has 0 fully saturated rings. The Morgan fingerprint density at radius 2 is 2.14 bits per heavy atom. The molecular formula is CH5NO4S. The molecule has 0 heterocycles. The second-order valence-electron chi connectivity index (χ2n) is 0.740. The Balaban J connectivity index is 3.60. The van der Waals surface area contributed by atoms with E-state index in [0.717, 1.165) is 0 Å². The zero-order valence-electron chi connectivity index (χ0n) is 3.36. The second-order valence-corrected chi connectivity index (χ2v) is 1.96. The van der Waals surface area contributed by atoms with Crippen molar-refractivity contribution in [3.8, 4) is 0 Å². The van der Waals surface area contributed by atoms with Gasteiger partial charge in [-0.2, -0.15) is 8.42 Å². The monoisotopic (exact) mass is 127 g/mol. The molecule has 0 rings (SSSR count). The van der Waals surface area contributed by atoms with Gasteiger partial charge in [-0.25, -0.2) is 9.32 Å². The quantitative estimate of drug-likeness (QED) is 0.426. The first-order valence-corrected chi connectivity index (χ1v) is 2.81. The molecule has 0 aliphatic rings. The van der Waals surface area contributed by atoms with E-state index in [9.17, 15) is 8.42 Å². The van der Waals surface area contributed by atoms with Gasteiger partial charge in [0.25, 0.3) is 0 Å². The normalized spacial score (nSPS) is 11.7. The molecule has 0 aliphatic heterocycles. The molecule has 0 aromatic carbocycles. The van der Waals surface area contributed by atoms with Crippen LogP contribution < -0.4 is 5.14 Å². The molecular weight excluding hydrogens is 122 g/mol. The van der Waals surface area contributed by atoms with Crippen LogP contribution in [0.1, 0.15) is 0 Å². The summed E-state index contributed by atoms with van der Waals surface area (Å²) < 4.78 is 22.8. The van der Waals surface area contributed by atoms with Gasteiger partial charge in [0.05, 0.1) is 0 Å². The summed E-state index contributed by atoms with van der Waals surface area (Å²) in [6, 6.07) is 0. The maximum Gasteiger partial charge on any atom is 0.335 e. The van der Waals surface area contributed by atoms with Gasteiger partial charge in [0.2, 0.25) is 0 Å². The van der Waals surface area contributed by atoms with Gasteiger partial charge in [-0.15, -0.1) is 0 Å². The van der Waals surface area contributed by atoms with Crippen LogP contribution in [0, 0.1) is 0 Å². The van der Waals surface area contributed by atoms with E-state index >= 15 is 0 Å².